The fourth-order valence-electron chi connectivity index (χ4n) is 2.78. The Hall–Kier alpha value is -0.890. The van der Waals surface area contributed by atoms with Gasteiger partial charge in [-0.2, -0.15) is 4.72 Å². The van der Waals surface area contributed by atoms with Gasteiger partial charge in [-0.25, -0.2) is 8.42 Å². The van der Waals surface area contributed by atoms with E-state index < -0.39 is 15.8 Å². The van der Waals surface area contributed by atoms with Gasteiger partial charge >= 0.3 is 0 Å². The maximum atomic E-state index is 11.8. The molecule has 24 heavy (non-hydrogen) atoms. The van der Waals surface area contributed by atoms with Crippen LogP contribution < -0.4 is 10.0 Å². The second kappa shape index (κ2) is 7.15. The van der Waals surface area contributed by atoms with E-state index in [1.54, 1.807) is 11.8 Å². The molecule has 1 aliphatic rings. The average Bonchev–Trinajstić information content (AvgIpc) is 2.68. The van der Waals surface area contributed by atoms with E-state index in [4.69, 9.17) is 11.6 Å². The molecule has 0 aromatic heterocycles. The topological polar surface area (TPSA) is 61.4 Å². The fraction of sp³-hybridized carbons (Fsp3) is 0.500. The molecule has 0 bridgehead atoms. The van der Waals surface area contributed by atoms with Gasteiger partial charge in [0.25, 0.3) is 0 Å². The molecule has 1 atom stereocenters. The third-order valence-electron chi connectivity index (χ3n) is 3.68. The standard InChI is InChI=1S/C16H24ClN3O2S2/c1-6-20-15(23-13-9-7-8-12(17)10-13)14(11(2)3)18-16(20,4)19-24(5,21)22/h7-11,18-19H,6H2,1-5H3. The van der Waals surface area contributed by atoms with Gasteiger partial charge in [-0.3, -0.25) is 0 Å². The summed E-state index contributed by atoms with van der Waals surface area (Å²) in [7, 11) is -3.37. The van der Waals surface area contributed by atoms with Crippen LogP contribution in [0, 0.1) is 5.92 Å². The molecule has 2 rings (SSSR count). The number of nitrogens with zero attached hydrogens (tertiary/aromatic N) is 1. The van der Waals surface area contributed by atoms with Gasteiger partial charge in [0, 0.05) is 22.2 Å². The SMILES string of the molecule is CCN1C(Sc2cccc(Cl)c2)=C(C(C)C)NC1(C)NS(C)(=O)=O. The molecule has 1 heterocycles. The number of allylic oxidation sites excluding steroid dienone is 1. The molecule has 0 radical (unpaired) electrons. The van der Waals surface area contributed by atoms with Crippen LogP contribution in [0.3, 0.4) is 0 Å². The van der Waals surface area contributed by atoms with E-state index in [0.29, 0.717) is 11.6 Å². The van der Waals surface area contributed by atoms with Gasteiger partial charge in [-0.1, -0.05) is 43.3 Å². The van der Waals surface area contributed by atoms with Crippen molar-refractivity contribution in [1.82, 2.24) is 14.9 Å². The zero-order valence-corrected chi connectivity index (χ0v) is 16.9. The van der Waals surface area contributed by atoms with Crippen LogP contribution in [0.5, 0.6) is 0 Å². The Morgan fingerprint density at radius 1 is 1.42 bits per heavy atom. The summed E-state index contributed by atoms with van der Waals surface area (Å²) in [6.45, 7) is 8.67. The van der Waals surface area contributed by atoms with E-state index in [0.717, 1.165) is 15.6 Å². The van der Waals surface area contributed by atoms with Crippen LogP contribution in [-0.4, -0.2) is 31.9 Å². The molecule has 1 aromatic rings. The van der Waals surface area contributed by atoms with Crippen LogP contribution in [0.4, 0.5) is 0 Å². The molecule has 5 nitrogen and oxygen atoms in total. The highest BCUT2D eigenvalue weighted by atomic mass is 35.5. The van der Waals surface area contributed by atoms with Crippen molar-refractivity contribution in [2.24, 2.45) is 5.92 Å². The minimum absolute atomic E-state index is 0.226. The molecule has 0 saturated carbocycles. The van der Waals surface area contributed by atoms with Gasteiger partial charge in [0.15, 0.2) is 5.79 Å². The van der Waals surface area contributed by atoms with E-state index in [-0.39, 0.29) is 5.92 Å². The average molecular weight is 390 g/mol. The second-order valence-electron chi connectivity index (χ2n) is 6.25. The van der Waals surface area contributed by atoms with Gasteiger partial charge < -0.3 is 10.2 Å². The van der Waals surface area contributed by atoms with Crippen LogP contribution in [-0.2, 0) is 10.0 Å². The molecular formula is C16H24ClN3O2S2. The maximum absolute atomic E-state index is 11.8. The molecule has 0 spiro atoms. The summed E-state index contributed by atoms with van der Waals surface area (Å²) in [5, 5.41) is 5.06. The first-order valence-electron chi connectivity index (χ1n) is 7.78. The van der Waals surface area contributed by atoms with Crippen LogP contribution in [0.1, 0.15) is 27.7 Å². The lowest BCUT2D eigenvalue weighted by atomic mass is 10.1. The van der Waals surface area contributed by atoms with Crippen molar-refractivity contribution in [3.8, 4) is 0 Å². The molecule has 134 valence electrons. The zero-order valence-electron chi connectivity index (χ0n) is 14.6. The Bertz CT molecular complexity index is 749. The second-order valence-corrected chi connectivity index (χ2v) is 9.50. The summed E-state index contributed by atoms with van der Waals surface area (Å²) in [6.07, 6.45) is 1.17. The quantitative estimate of drug-likeness (QED) is 0.780. The number of nitrogens with one attached hydrogen (secondary N) is 2. The maximum Gasteiger partial charge on any atom is 0.212 e. The van der Waals surface area contributed by atoms with Crippen molar-refractivity contribution >= 4 is 33.4 Å². The van der Waals surface area contributed by atoms with Crippen molar-refractivity contribution in [3.05, 3.63) is 40.0 Å². The largest absolute Gasteiger partial charge is 0.351 e. The van der Waals surface area contributed by atoms with Crippen LogP contribution in [0.2, 0.25) is 5.02 Å². The molecule has 0 saturated heterocycles. The summed E-state index contributed by atoms with van der Waals surface area (Å²) in [5.74, 6) is -0.660. The molecule has 0 amide bonds. The van der Waals surface area contributed by atoms with E-state index in [1.807, 2.05) is 43.0 Å². The predicted molar refractivity (Wildman–Crippen MR) is 101 cm³/mol. The Morgan fingerprint density at radius 3 is 2.58 bits per heavy atom. The van der Waals surface area contributed by atoms with Gasteiger partial charge in [-0.05, 0) is 38.0 Å². The number of hydrogen-bond donors (Lipinski definition) is 2. The summed E-state index contributed by atoms with van der Waals surface area (Å²) >= 11 is 7.68. The van der Waals surface area contributed by atoms with Gasteiger partial charge in [0.2, 0.25) is 10.0 Å². The molecule has 8 heteroatoms. The molecular weight excluding hydrogens is 366 g/mol. The molecule has 1 unspecified atom stereocenters. The summed E-state index contributed by atoms with van der Waals surface area (Å²) < 4.78 is 26.4. The monoisotopic (exact) mass is 389 g/mol. The van der Waals surface area contributed by atoms with Crippen LogP contribution in [0.25, 0.3) is 0 Å². The first-order chi connectivity index (χ1) is 11.1. The molecule has 0 fully saturated rings. The van der Waals surface area contributed by atoms with Crippen LogP contribution >= 0.6 is 23.4 Å². The van der Waals surface area contributed by atoms with Gasteiger partial charge in [0.05, 0.1) is 11.3 Å². The molecule has 0 aliphatic carbocycles. The zero-order chi connectivity index (χ0) is 18.1. The Balaban J connectivity index is 2.42. The van der Waals surface area contributed by atoms with Gasteiger partial charge in [-0.15, -0.1) is 0 Å². The Morgan fingerprint density at radius 2 is 2.08 bits per heavy atom. The van der Waals surface area contributed by atoms with E-state index in [2.05, 4.69) is 23.9 Å². The number of halogens is 1. The number of hydrogen-bond acceptors (Lipinski definition) is 5. The number of sulfonamides is 1. The van der Waals surface area contributed by atoms with Crippen molar-refractivity contribution in [3.63, 3.8) is 0 Å². The summed E-state index contributed by atoms with van der Waals surface area (Å²) in [5.41, 5.74) is 1.01. The highest BCUT2D eigenvalue weighted by Crippen LogP contribution is 2.41. The fourth-order valence-corrected chi connectivity index (χ4v) is 5.29. The number of benzene rings is 1. The van der Waals surface area contributed by atoms with Crippen molar-refractivity contribution in [2.75, 3.05) is 12.8 Å². The van der Waals surface area contributed by atoms with Crippen molar-refractivity contribution in [2.45, 2.75) is 38.4 Å². The molecule has 1 aliphatic heterocycles. The summed E-state index contributed by atoms with van der Waals surface area (Å²) in [6, 6.07) is 7.65. The van der Waals surface area contributed by atoms with Crippen molar-refractivity contribution < 1.29 is 8.42 Å². The third-order valence-corrected chi connectivity index (χ3v) is 5.81. The number of thioether (sulfide) groups is 1. The predicted octanol–water partition coefficient (Wildman–Crippen LogP) is 3.41. The minimum atomic E-state index is -3.37. The smallest absolute Gasteiger partial charge is 0.212 e. The lowest BCUT2D eigenvalue weighted by Crippen LogP contribution is -2.62. The third kappa shape index (κ3) is 4.39. The lowest BCUT2D eigenvalue weighted by Gasteiger charge is -2.37. The first kappa shape index (κ1) is 19.4. The molecule has 1 aromatic carbocycles. The van der Waals surface area contributed by atoms with Crippen molar-refractivity contribution in [1.29, 1.82) is 0 Å². The first-order valence-corrected chi connectivity index (χ1v) is 10.9. The minimum Gasteiger partial charge on any atom is -0.351 e. The lowest BCUT2D eigenvalue weighted by molar-refractivity contribution is 0.150. The normalized spacial score (nSPS) is 21.5. The highest BCUT2D eigenvalue weighted by molar-refractivity contribution is 8.03. The Labute approximate surface area is 153 Å². The van der Waals surface area contributed by atoms with Gasteiger partial charge in [0.1, 0.15) is 0 Å². The summed E-state index contributed by atoms with van der Waals surface area (Å²) in [4.78, 5) is 3.05. The number of rotatable bonds is 6. The highest BCUT2D eigenvalue weighted by Gasteiger charge is 2.43. The molecule has 2 N–H and O–H groups in total. The van der Waals surface area contributed by atoms with E-state index in [9.17, 15) is 8.42 Å². The van der Waals surface area contributed by atoms with E-state index >= 15 is 0 Å². The Kier molecular flexibility index (Phi) is 5.79. The van der Waals surface area contributed by atoms with Crippen LogP contribution in [0.15, 0.2) is 39.9 Å². The van der Waals surface area contributed by atoms with E-state index in [1.165, 1.54) is 6.26 Å².